The molecule has 0 aliphatic rings. The Balaban J connectivity index is 2.04. The van der Waals surface area contributed by atoms with Crippen molar-refractivity contribution in [3.8, 4) is 0 Å². The van der Waals surface area contributed by atoms with Crippen molar-refractivity contribution in [2.24, 2.45) is 0 Å². The quantitative estimate of drug-likeness (QED) is 0.750. The molecule has 0 saturated heterocycles. The van der Waals surface area contributed by atoms with Gasteiger partial charge in [0.1, 0.15) is 0 Å². The van der Waals surface area contributed by atoms with Gasteiger partial charge in [0.15, 0.2) is 18.9 Å². The van der Waals surface area contributed by atoms with Crippen molar-refractivity contribution in [3.05, 3.63) is 65.5 Å². The molecule has 0 aliphatic heterocycles. The average molecular weight is 311 g/mol. The summed E-state index contributed by atoms with van der Waals surface area (Å²) in [7, 11) is 1.88. The van der Waals surface area contributed by atoms with Crippen molar-refractivity contribution in [2.75, 3.05) is 7.05 Å². The molecule has 1 aromatic carbocycles. The molecule has 1 unspecified atom stereocenters. The molecular formula is C20H27N2O+. The summed E-state index contributed by atoms with van der Waals surface area (Å²) in [6.07, 6.45) is 5.79. The molecule has 1 aromatic heterocycles. The van der Waals surface area contributed by atoms with Crippen LogP contribution in [0, 0.1) is 6.92 Å². The van der Waals surface area contributed by atoms with Crippen molar-refractivity contribution in [1.29, 1.82) is 0 Å². The normalized spacial score (nSPS) is 12.0. The number of aryl methyl sites for hydroxylation is 3. The Morgan fingerprint density at radius 1 is 1.22 bits per heavy atom. The highest BCUT2D eigenvalue weighted by atomic mass is 16.2. The van der Waals surface area contributed by atoms with Crippen LogP contribution in [-0.4, -0.2) is 17.9 Å². The maximum absolute atomic E-state index is 11.9. The van der Waals surface area contributed by atoms with E-state index in [1.54, 1.807) is 0 Å². The molecule has 0 aliphatic carbocycles. The number of carbonyl (C=O) groups is 1. The molecule has 0 radical (unpaired) electrons. The lowest BCUT2D eigenvalue weighted by Crippen LogP contribution is -2.36. The molecule has 23 heavy (non-hydrogen) atoms. The fraction of sp³-hybridized carbons (Fsp3) is 0.400. The van der Waals surface area contributed by atoms with E-state index >= 15 is 0 Å². The zero-order chi connectivity index (χ0) is 16.8. The summed E-state index contributed by atoms with van der Waals surface area (Å²) in [5, 5.41) is 0. The van der Waals surface area contributed by atoms with E-state index in [1.165, 1.54) is 16.7 Å². The number of benzene rings is 1. The van der Waals surface area contributed by atoms with Crippen LogP contribution >= 0.6 is 0 Å². The maximum Gasteiger partial charge on any atom is 0.222 e. The van der Waals surface area contributed by atoms with Crippen LogP contribution in [0.25, 0.3) is 0 Å². The van der Waals surface area contributed by atoms with E-state index in [0.29, 0.717) is 6.42 Å². The van der Waals surface area contributed by atoms with Gasteiger partial charge in [-0.25, -0.2) is 4.57 Å². The highest BCUT2D eigenvalue weighted by Gasteiger charge is 2.18. The summed E-state index contributed by atoms with van der Waals surface area (Å²) < 4.78 is 2.20. The standard InChI is InChI=1S/C20H27N2O/c1-5-20(23)21(4)17(3)19-7-6-13-22(15-19)14-12-18-10-8-16(2)9-11-18/h6-11,13,15,17H,5,12,14H2,1-4H3/q+1. The van der Waals surface area contributed by atoms with E-state index in [2.05, 4.69) is 67.2 Å². The molecule has 0 spiro atoms. The molecule has 3 heteroatoms. The van der Waals surface area contributed by atoms with Crippen LogP contribution in [0.15, 0.2) is 48.8 Å². The highest BCUT2D eigenvalue weighted by molar-refractivity contribution is 5.75. The third-order valence-corrected chi connectivity index (χ3v) is 4.42. The van der Waals surface area contributed by atoms with Gasteiger partial charge < -0.3 is 4.90 Å². The first kappa shape index (κ1) is 17.2. The van der Waals surface area contributed by atoms with Gasteiger partial charge in [0, 0.05) is 31.5 Å². The van der Waals surface area contributed by atoms with Crippen molar-refractivity contribution in [3.63, 3.8) is 0 Å². The zero-order valence-corrected chi connectivity index (χ0v) is 14.6. The van der Waals surface area contributed by atoms with Gasteiger partial charge in [0.05, 0.1) is 6.04 Å². The summed E-state index contributed by atoms with van der Waals surface area (Å²) in [4.78, 5) is 13.7. The Hall–Kier alpha value is -2.16. The second-order valence-corrected chi connectivity index (χ2v) is 6.14. The van der Waals surface area contributed by atoms with Gasteiger partial charge >= 0.3 is 0 Å². The van der Waals surface area contributed by atoms with Gasteiger partial charge in [-0.1, -0.05) is 36.8 Å². The van der Waals surface area contributed by atoms with Crippen LogP contribution in [-0.2, 0) is 17.8 Å². The van der Waals surface area contributed by atoms with Crippen LogP contribution in [0.3, 0.4) is 0 Å². The van der Waals surface area contributed by atoms with Crippen LogP contribution in [0.4, 0.5) is 0 Å². The minimum atomic E-state index is 0.0919. The minimum Gasteiger partial charge on any atom is -0.339 e. The largest absolute Gasteiger partial charge is 0.339 e. The predicted molar refractivity (Wildman–Crippen MR) is 93.0 cm³/mol. The molecule has 1 atom stereocenters. The lowest BCUT2D eigenvalue weighted by Gasteiger charge is -2.24. The summed E-state index contributed by atoms with van der Waals surface area (Å²) >= 11 is 0. The van der Waals surface area contributed by atoms with Gasteiger partial charge in [0.25, 0.3) is 0 Å². The van der Waals surface area contributed by atoms with E-state index in [1.807, 2.05) is 18.9 Å². The molecular weight excluding hydrogens is 284 g/mol. The van der Waals surface area contributed by atoms with Crippen LogP contribution in [0.2, 0.25) is 0 Å². The number of aromatic nitrogens is 1. The minimum absolute atomic E-state index is 0.0919. The Kier molecular flexibility index (Phi) is 5.91. The molecule has 1 amide bonds. The molecule has 122 valence electrons. The van der Waals surface area contributed by atoms with Crippen molar-refractivity contribution < 1.29 is 9.36 Å². The summed E-state index contributed by atoms with van der Waals surface area (Å²) in [6, 6.07) is 12.9. The van der Waals surface area contributed by atoms with E-state index in [0.717, 1.165) is 13.0 Å². The fourth-order valence-electron chi connectivity index (χ4n) is 2.63. The number of hydrogen-bond acceptors (Lipinski definition) is 1. The molecule has 2 aromatic rings. The van der Waals surface area contributed by atoms with E-state index in [9.17, 15) is 4.79 Å². The first-order valence-corrected chi connectivity index (χ1v) is 8.31. The SMILES string of the molecule is CCC(=O)N(C)C(C)c1ccc[n+](CCc2ccc(C)cc2)c1. The molecule has 0 N–H and O–H groups in total. The monoisotopic (exact) mass is 311 g/mol. The third kappa shape index (κ3) is 4.65. The van der Waals surface area contributed by atoms with E-state index < -0.39 is 0 Å². The Bertz CT molecular complexity index is 649. The lowest BCUT2D eigenvalue weighted by atomic mass is 10.1. The molecule has 1 heterocycles. The van der Waals surface area contributed by atoms with Crippen molar-refractivity contribution >= 4 is 5.91 Å². The van der Waals surface area contributed by atoms with Crippen LogP contribution in [0.5, 0.6) is 0 Å². The van der Waals surface area contributed by atoms with E-state index in [4.69, 9.17) is 0 Å². The second kappa shape index (κ2) is 7.91. The maximum atomic E-state index is 11.9. The van der Waals surface area contributed by atoms with Gasteiger partial charge in [-0.2, -0.15) is 0 Å². The predicted octanol–water partition coefficient (Wildman–Crippen LogP) is 3.45. The fourth-order valence-corrected chi connectivity index (χ4v) is 2.63. The molecule has 0 fully saturated rings. The third-order valence-electron chi connectivity index (χ3n) is 4.42. The van der Waals surface area contributed by atoms with Gasteiger partial charge in [-0.15, -0.1) is 0 Å². The van der Waals surface area contributed by atoms with E-state index in [-0.39, 0.29) is 11.9 Å². The molecule has 0 bridgehead atoms. The number of carbonyl (C=O) groups excluding carboxylic acids is 1. The molecule has 3 nitrogen and oxygen atoms in total. The van der Waals surface area contributed by atoms with Gasteiger partial charge in [-0.3, -0.25) is 4.79 Å². The van der Waals surface area contributed by atoms with Crippen molar-refractivity contribution in [2.45, 2.75) is 46.2 Å². The topological polar surface area (TPSA) is 24.2 Å². The van der Waals surface area contributed by atoms with Crippen molar-refractivity contribution in [1.82, 2.24) is 4.90 Å². The Morgan fingerprint density at radius 2 is 1.91 bits per heavy atom. The number of amides is 1. The van der Waals surface area contributed by atoms with Crippen LogP contribution < -0.4 is 4.57 Å². The zero-order valence-electron chi connectivity index (χ0n) is 14.6. The summed E-state index contributed by atoms with van der Waals surface area (Å²) in [5.41, 5.74) is 3.81. The first-order chi connectivity index (χ1) is 11.0. The lowest BCUT2D eigenvalue weighted by molar-refractivity contribution is -0.697. The summed E-state index contributed by atoms with van der Waals surface area (Å²) in [6.45, 7) is 7.03. The first-order valence-electron chi connectivity index (χ1n) is 8.31. The molecule has 2 rings (SSSR count). The number of nitrogens with zero attached hydrogens (tertiary/aromatic N) is 2. The Labute approximate surface area is 139 Å². The second-order valence-electron chi connectivity index (χ2n) is 6.14. The number of hydrogen-bond donors (Lipinski definition) is 0. The van der Waals surface area contributed by atoms with Gasteiger partial charge in [-0.05, 0) is 25.5 Å². The number of rotatable bonds is 6. The van der Waals surface area contributed by atoms with Gasteiger partial charge in [0.2, 0.25) is 5.91 Å². The summed E-state index contributed by atoms with van der Waals surface area (Å²) in [5.74, 6) is 0.174. The Morgan fingerprint density at radius 3 is 2.57 bits per heavy atom. The number of pyridine rings is 1. The average Bonchev–Trinajstić information content (AvgIpc) is 2.59. The molecule has 0 saturated carbocycles. The highest BCUT2D eigenvalue weighted by Crippen LogP contribution is 2.17. The smallest absolute Gasteiger partial charge is 0.222 e. The van der Waals surface area contributed by atoms with Crippen LogP contribution in [0.1, 0.15) is 43.0 Å².